The maximum atomic E-state index is 8.89. The van der Waals surface area contributed by atoms with Gasteiger partial charge in [0.25, 0.3) is 0 Å². The van der Waals surface area contributed by atoms with Crippen LogP contribution in [0.3, 0.4) is 0 Å². The van der Waals surface area contributed by atoms with Crippen molar-refractivity contribution < 1.29 is 5.11 Å². The van der Waals surface area contributed by atoms with Crippen molar-refractivity contribution in [2.45, 2.75) is 25.8 Å². The van der Waals surface area contributed by atoms with Gasteiger partial charge >= 0.3 is 0 Å². The first kappa shape index (κ1) is 12.3. The van der Waals surface area contributed by atoms with Crippen molar-refractivity contribution in [1.29, 1.82) is 0 Å². The zero-order valence-electron chi connectivity index (χ0n) is 8.70. The normalized spacial score (nSPS) is 12.5. The van der Waals surface area contributed by atoms with Crippen molar-refractivity contribution in [3.8, 4) is 0 Å². The van der Waals surface area contributed by atoms with Crippen molar-refractivity contribution in [3.05, 3.63) is 16.9 Å². The molecule has 1 unspecified atom stereocenters. The van der Waals surface area contributed by atoms with Gasteiger partial charge in [0.15, 0.2) is 0 Å². The lowest BCUT2D eigenvalue weighted by Crippen LogP contribution is -2.20. The fourth-order valence-corrected chi connectivity index (χ4v) is 1.80. The molecule has 1 aromatic heterocycles. The van der Waals surface area contributed by atoms with E-state index in [2.05, 4.69) is 33.2 Å². The largest absolute Gasteiger partial charge is 0.396 e. The maximum absolute atomic E-state index is 8.89. The molecule has 0 aromatic carbocycles. The molecule has 84 valence electrons. The minimum atomic E-state index is 0.175. The van der Waals surface area contributed by atoms with Crippen LogP contribution in [0, 0.1) is 0 Å². The summed E-state index contributed by atoms with van der Waals surface area (Å²) < 4.78 is 0.846. The summed E-state index contributed by atoms with van der Waals surface area (Å²) in [6, 6.07) is 0.232. The average molecular weight is 274 g/mol. The van der Waals surface area contributed by atoms with Gasteiger partial charge in [-0.25, -0.2) is 0 Å². The van der Waals surface area contributed by atoms with Crippen molar-refractivity contribution in [1.82, 2.24) is 4.98 Å². The van der Waals surface area contributed by atoms with E-state index in [1.165, 1.54) is 0 Å². The molecule has 0 spiro atoms. The summed E-state index contributed by atoms with van der Waals surface area (Å²) in [7, 11) is 0. The number of nitrogens with two attached hydrogens (primary N) is 1. The molecule has 1 atom stereocenters. The monoisotopic (exact) mass is 273 g/mol. The molecular formula is C10H16BrN3O. The van der Waals surface area contributed by atoms with Gasteiger partial charge in [-0.1, -0.05) is 6.92 Å². The first-order valence-corrected chi connectivity index (χ1v) is 5.74. The van der Waals surface area contributed by atoms with Gasteiger partial charge in [-0.05, 0) is 28.8 Å². The number of rotatable bonds is 5. The van der Waals surface area contributed by atoms with Gasteiger partial charge in [0.2, 0.25) is 0 Å². The van der Waals surface area contributed by atoms with E-state index in [0.29, 0.717) is 12.1 Å². The molecule has 0 bridgehead atoms. The van der Waals surface area contributed by atoms with Crippen molar-refractivity contribution in [3.63, 3.8) is 0 Å². The van der Waals surface area contributed by atoms with Crippen LogP contribution >= 0.6 is 15.9 Å². The number of aliphatic hydroxyl groups is 1. The molecular weight excluding hydrogens is 258 g/mol. The molecule has 1 rings (SSSR count). The Balaban J connectivity index is 2.78. The molecule has 0 fully saturated rings. The maximum Gasteiger partial charge on any atom is 0.0752 e. The fourth-order valence-electron chi connectivity index (χ4n) is 1.34. The number of aromatic nitrogens is 1. The number of nitrogens with zero attached hydrogens (tertiary/aromatic N) is 1. The Morgan fingerprint density at radius 2 is 2.33 bits per heavy atom. The summed E-state index contributed by atoms with van der Waals surface area (Å²) in [6.07, 6.45) is 4.96. The lowest BCUT2D eigenvalue weighted by Gasteiger charge is -2.19. The summed E-state index contributed by atoms with van der Waals surface area (Å²) in [5.41, 5.74) is 7.27. The van der Waals surface area contributed by atoms with Gasteiger partial charge < -0.3 is 16.2 Å². The number of nitrogen functional groups attached to an aromatic ring is 1. The van der Waals surface area contributed by atoms with E-state index in [0.717, 1.165) is 16.6 Å². The Labute approximate surface area is 98.0 Å². The van der Waals surface area contributed by atoms with Crippen LogP contribution in [-0.2, 0) is 0 Å². The smallest absolute Gasteiger partial charge is 0.0752 e. The summed E-state index contributed by atoms with van der Waals surface area (Å²) in [5, 5.41) is 12.2. The molecule has 1 heterocycles. The number of halogens is 1. The van der Waals surface area contributed by atoms with Gasteiger partial charge in [-0.3, -0.25) is 4.98 Å². The van der Waals surface area contributed by atoms with E-state index in [-0.39, 0.29) is 12.6 Å². The summed E-state index contributed by atoms with van der Waals surface area (Å²) in [6.45, 7) is 2.24. The van der Waals surface area contributed by atoms with Crippen LogP contribution in [0.2, 0.25) is 0 Å². The SMILES string of the molecule is CCC(CCO)Nc1c(N)cncc1Br. The Bertz CT molecular complexity index is 299. The molecule has 4 nitrogen and oxygen atoms in total. The standard InChI is InChI=1S/C10H16BrN3O/c1-2-7(3-4-15)14-10-8(11)5-13-6-9(10)12/h5-7,15H,2-4,12H2,1H3,(H,13,14). The predicted molar refractivity (Wildman–Crippen MR) is 65.8 cm³/mol. The van der Waals surface area contributed by atoms with Crippen LogP contribution < -0.4 is 11.1 Å². The molecule has 0 aliphatic rings. The zero-order valence-corrected chi connectivity index (χ0v) is 10.3. The van der Waals surface area contributed by atoms with Crippen LogP contribution in [0.15, 0.2) is 16.9 Å². The Morgan fingerprint density at radius 3 is 2.87 bits per heavy atom. The fraction of sp³-hybridized carbons (Fsp3) is 0.500. The van der Waals surface area contributed by atoms with E-state index in [9.17, 15) is 0 Å². The minimum absolute atomic E-state index is 0.175. The highest BCUT2D eigenvalue weighted by Crippen LogP contribution is 2.28. The van der Waals surface area contributed by atoms with Gasteiger partial charge in [0.1, 0.15) is 0 Å². The summed E-state index contributed by atoms with van der Waals surface area (Å²) in [5.74, 6) is 0. The quantitative estimate of drug-likeness (QED) is 0.768. The van der Waals surface area contributed by atoms with E-state index in [1.807, 2.05) is 0 Å². The molecule has 0 aliphatic heterocycles. The number of anilines is 2. The minimum Gasteiger partial charge on any atom is -0.396 e. The predicted octanol–water partition coefficient (Wildman–Crippen LogP) is 2.00. The molecule has 0 aliphatic carbocycles. The van der Waals surface area contributed by atoms with Crippen LogP contribution in [0.5, 0.6) is 0 Å². The molecule has 0 saturated carbocycles. The van der Waals surface area contributed by atoms with Gasteiger partial charge in [-0.15, -0.1) is 0 Å². The van der Waals surface area contributed by atoms with E-state index in [4.69, 9.17) is 10.8 Å². The third kappa shape index (κ3) is 3.35. The Hall–Kier alpha value is -0.810. The molecule has 5 heteroatoms. The number of hydrogen-bond acceptors (Lipinski definition) is 4. The third-order valence-electron chi connectivity index (χ3n) is 2.25. The van der Waals surface area contributed by atoms with E-state index < -0.39 is 0 Å². The van der Waals surface area contributed by atoms with Crippen LogP contribution in [0.25, 0.3) is 0 Å². The second-order valence-corrected chi connectivity index (χ2v) is 4.20. The van der Waals surface area contributed by atoms with Gasteiger partial charge in [-0.2, -0.15) is 0 Å². The molecule has 0 radical (unpaired) electrons. The number of pyridine rings is 1. The van der Waals surface area contributed by atoms with Crippen LogP contribution in [0.1, 0.15) is 19.8 Å². The zero-order chi connectivity index (χ0) is 11.3. The first-order valence-electron chi connectivity index (χ1n) is 4.95. The Morgan fingerprint density at radius 1 is 1.60 bits per heavy atom. The molecule has 15 heavy (non-hydrogen) atoms. The van der Waals surface area contributed by atoms with E-state index in [1.54, 1.807) is 12.4 Å². The summed E-state index contributed by atoms with van der Waals surface area (Å²) in [4.78, 5) is 3.96. The number of aliphatic hydroxyl groups excluding tert-OH is 1. The third-order valence-corrected chi connectivity index (χ3v) is 2.85. The lowest BCUT2D eigenvalue weighted by molar-refractivity contribution is 0.278. The number of nitrogens with one attached hydrogen (secondary N) is 1. The summed E-state index contributed by atoms with van der Waals surface area (Å²) >= 11 is 3.39. The molecule has 4 N–H and O–H groups in total. The lowest BCUT2D eigenvalue weighted by atomic mass is 10.1. The van der Waals surface area contributed by atoms with Crippen LogP contribution in [-0.4, -0.2) is 22.7 Å². The van der Waals surface area contributed by atoms with Crippen molar-refractivity contribution >= 4 is 27.3 Å². The van der Waals surface area contributed by atoms with Gasteiger partial charge in [0, 0.05) is 18.8 Å². The van der Waals surface area contributed by atoms with Crippen molar-refractivity contribution in [2.75, 3.05) is 17.7 Å². The van der Waals surface area contributed by atoms with Crippen LogP contribution in [0.4, 0.5) is 11.4 Å². The highest BCUT2D eigenvalue weighted by Gasteiger charge is 2.10. The molecule has 1 aromatic rings. The first-order chi connectivity index (χ1) is 7.19. The highest BCUT2D eigenvalue weighted by molar-refractivity contribution is 9.10. The topological polar surface area (TPSA) is 71.2 Å². The molecule has 0 amide bonds. The van der Waals surface area contributed by atoms with Gasteiger partial charge in [0.05, 0.1) is 22.0 Å². The second kappa shape index (κ2) is 5.92. The Kier molecular flexibility index (Phi) is 4.84. The average Bonchev–Trinajstić information content (AvgIpc) is 2.22. The van der Waals surface area contributed by atoms with Crippen molar-refractivity contribution in [2.24, 2.45) is 0 Å². The highest BCUT2D eigenvalue weighted by atomic mass is 79.9. The second-order valence-electron chi connectivity index (χ2n) is 3.35. The number of hydrogen-bond donors (Lipinski definition) is 3. The van der Waals surface area contributed by atoms with E-state index >= 15 is 0 Å². The molecule has 0 saturated heterocycles.